The van der Waals surface area contributed by atoms with E-state index in [4.69, 9.17) is 11.6 Å². The molecule has 94 valence electrons. The van der Waals surface area contributed by atoms with Gasteiger partial charge in [-0.2, -0.15) is 0 Å². The van der Waals surface area contributed by atoms with Crippen molar-refractivity contribution in [3.05, 3.63) is 50.1 Å². The van der Waals surface area contributed by atoms with Crippen LogP contribution in [0.4, 0.5) is 0 Å². The number of aryl methyl sites for hydroxylation is 2. The van der Waals surface area contributed by atoms with E-state index < -0.39 is 0 Å². The van der Waals surface area contributed by atoms with E-state index in [-0.39, 0.29) is 0 Å². The fourth-order valence-corrected chi connectivity index (χ4v) is 2.84. The van der Waals surface area contributed by atoms with Crippen LogP contribution in [0.5, 0.6) is 0 Å². The van der Waals surface area contributed by atoms with E-state index in [9.17, 15) is 0 Å². The summed E-state index contributed by atoms with van der Waals surface area (Å²) in [6.07, 6.45) is 0. The van der Waals surface area contributed by atoms with Crippen molar-refractivity contribution < 1.29 is 0 Å². The first-order chi connectivity index (χ1) is 8.56. The van der Waals surface area contributed by atoms with Gasteiger partial charge in [-0.1, -0.05) is 29.3 Å². The van der Waals surface area contributed by atoms with Crippen LogP contribution in [0.15, 0.2) is 29.2 Å². The van der Waals surface area contributed by atoms with Crippen LogP contribution in [-0.4, -0.2) is 9.97 Å². The zero-order chi connectivity index (χ0) is 13.1. The summed E-state index contributed by atoms with van der Waals surface area (Å²) in [5.41, 5.74) is 2.20. The van der Waals surface area contributed by atoms with Gasteiger partial charge >= 0.3 is 0 Å². The molecule has 0 aliphatic heterocycles. The van der Waals surface area contributed by atoms with Crippen molar-refractivity contribution >= 4 is 46.0 Å². The number of hydrogen-bond acceptors (Lipinski definition) is 3. The van der Waals surface area contributed by atoms with Gasteiger partial charge in [0.1, 0.15) is 11.0 Å². The van der Waals surface area contributed by atoms with E-state index in [1.54, 1.807) is 11.8 Å². The minimum Gasteiger partial charge on any atom is -0.236 e. The number of thioether (sulfide) groups is 1. The molecule has 0 atom stereocenters. The molecule has 5 heteroatoms. The van der Waals surface area contributed by atoms with Crippen molar-refractivity contribution in [3.63, 3.8) is 0 Å². The lowest BCUT2D eigenvalue weighted by molar-refractivity contribution is 0.983. The molecular weight excluding hydrogens is 379 g/mol. The fourth-order valence-electron chi connectivity index (χ4n) is 1.50. The number of hydrogen-bond donors (Lipinski definition) is 0. The molecular formula is C13H12ClIN2S. The smallest absolute Gasteiger partial charge is 0.146 e. The number of aromatic nitrogens is 2. The van der Waals surface area contributed by atoms with Crippen molar-refractivity contribution in [2.75, 3.05) is 0 Å². The van der Waals surface area contributed by atoms with Crippen molar-refractivity contribution in [2.24, 2.45) is 0 Å². The number of benzene rings is 1. The fraction of sp³-hybridized carbons (Fsp3) is 0.231. The molecule has 2 rings (SSSR count). The third kappa shape index (κ3) is 3.59. The normalized spacial score (nSPS) is 10.7. The maximum atomic E-state index is 6.06. The Kier molecular flexibility index (Phi) is 4.86. The highest BCUT2D eigenvalue weighted by Crippen LogP contribution is 2.24. The lowest BCUT2D eigenvalue weighted by atomic mass is 10.2. The first-order valence-corrected chi connectivity index (χ1v) is 7.88. The Morgan fingerprint density at radius 2 is 2.06 bits per heavy atom. The van der Waals surface area contributed by atoms with Gasteiger partial charge in [-0.25, -0.2) is 9.97 Å². The van der Waals surface area contributed by atoms with E-state index in [0.717, 1.165) is 20.8 Å². The lowest BCUT2D eigenvalue weighted by Crippen LogP contribution is -1.99. The van der Waals surface area contributed by atoms with Crippen LogP contribution < -0.4 is 0 Å². The molecule has 0 fully saturated rings. The van der Waals surface area contributed by atoms with Crippen molar-refractivity contribution in [1.29, 1.82) is 0 Å². The first-order valence-electron chi connectivity index (χ1n) is 5.44. The van der Waals surface area contributed by atoms with Crippen LogP contribution >= 0.6 is 46.0 Å². The highest BCUT2D eigenvalue weighted by molar-refractivity contribution is 14.1. The molecule has 1 aromatic carbocycles. The topological polar surface area (TPSA) is 25.8 Å². The second kappa shape index (κ2) is 6.21. The molecule has 0 bridgehead atoms. The molecule has 1 aromatic heterocycles. The molecule has 1 heterocycles. The van der Waals surface area contributed by atoms with Gasteiger partial charge in [0.2, 0.25) is 0 Å². The van der Waals surface area contributed by atoms with Crippen molar-refractivity contribution in [2.45, 2.75) is 24.5 Å². The van der Waals surface area contributed by atoms with Crippen LogP contribution in [0, 0.1) is 17.4 Å². The SMILES string of the molecule is Cc1cccc(SCc2nc(C)c(I)c(Cl)n2)c1. The minimum absolute atomic E-state index is 0.544. The Bertz CT molecular complexity index is 552. The monoisotopic (exact) mass is 390 g/mol. The average molecular weight is 391 g/mol. The third-order valence-corrected chi connectivity index (χ3v) is 5.25. The van der Waals surface area contributed by atoms with Crippen LogP contribution in [0.1, 0.15) is 17.1 Å². The molecule has 0 radical (unpaired) electrons. The summed E-state index contributed by atoms with van der Waals surface area (Å²) in [6, 6.07) is 8.40. The predicted molar refractivity (Wildman–Crippen MR) is 85.2 cm³/mol. The maximum absolute atomic E-state index is 6.06. The summed E-state index contributed by atoms with van der Waals surface area (Å²) >= 11 is 9.95. The molecule has 18 heavy (non-hydrogen) atoms. The van der Waals surface area contributed by atoms with E-state index in [1.165, 1.54) is 10.5 Å². The molecule has 0 aliphatic carbocycles. The third-order valence-electron chi connectivity index (χ3n) is 2.38. The van der Waals surface area contributed by atoms with Crippen molar-refractivity contribution in [1.82, 2.24) is 9.97 Å². The predicted octanol–water partition coefficient (Wildman–Crippen LogP) is 4.64. The zero-order valence-corrected chi connectivity index (χ0v) is 13.8. The molecule has 0 saturated carbocycles. The summed E-state index contributed by atoms with van der Waals surface area (Å²) in [4.78, 5) is 9.97. The lowest BCUT2D eigenvalue weighted by Gasteiger charge is -2.05. The van der Waals surface area contributed by atoms with Crippen molar-refractivity contribution in [3.8, 4) is 0 Å². The van der Waals surface area contributed by atoms with E-state index >= 15 is 0 Å². The van der Waals surface area contributed by atoms with Crippen LogP contribution in [0.25, 0.3) is 0 Å². The van der Waals surface area contributed by atoms with Gasteiger partial charge in [-0.3, -0.25) is 0 Å². The highest BCUT2D eigenvalue weighted by Gasteiger charge is 2.07. The van der Waals surface area contributed by atoms with Gasteiger partial charge in [0.25, 0.3) is 0 Å². The zero-order valence-electron chi connectivity index (χ0n) is 10.1. The largest absolute Gasteiger partial charge is 0.236 e. The van der Waals surface area contributed by atoms with Gasteiger partial charge in [0, 0.05) is 4.90 Å². The van der Waals surface area contributed by atoms with Gasteiger partial charge in [-0.15, -0.1) is 11.8 Å². The summed E-state index contributed by atoms with van der Waals surface area (Å²) in [7, 11) is 0. The van der Waals surface area contributed by atoms with Gasteiger partial charge in [0.05, 0.1) is 15.0 Å². The van der Waals surface area contributed by atoms with E-state index in [1.807, 2.05) is 6.92 Å². The Morgan fingerprint density at radius 3 is 2.72 bits per heavy atom. The Balaban J connectivity index is 2.11. The second-order valence-electron chi connectivity index (χ2n) is 3.94. The van der Waals surface area contributed by atoms with Crippen LogP contribution in [0.3, 0.4) is 0 Å². The average Bonchev–Trinajstić information content (AvgIpc) is 2.33. The minimum atomic E-state index is 0.544. The van der Waals surface area contributed by atoms with Crippen LogP contribution in [-0.2, 0) is 5.75 Å². The summed E-state index contributed by atoms with van der Waals surface area (Å²) < 4.78 is 0.929. The number of rotatable bonds is 3. The molecule has 2 nitrogen and oxygen atoms in total. The van der Waals surface area contributed by atoms with Gasteiger partial charge in [0.15, 0.2) is 0 Å². The maximum Gasteiger partial charge on any atom is 0.146 e. The van der Waals surface area contributed by atoms with E-state index in [2.05, 4.69) is 63.7 Å². The second-order valence-corrected chi connectivity index (χ2v) is 6.42. The molecule has 0 N–H and O–H groups in total. The number of nitrogens with zero attached hydrogens (tertiary/aromatic N) is 2. The Labute approximate surface area is 130 Å². The summed E-state index contributed by atoms with van der Waals surface area (Å²) in [5.74, 6) is 1.52. The Morgan fingerprint density at radius 1 is 1.28 bits per heavy atom. The highest BCUT2D eigenvalue weighted by atomic mass is 127. The summed E-state index contributed by atoms with van der Waals surface area (Å²) in [5, 5.41) is 0.544. The van der Waals surface area contributed by atoms with Gasteiger partial charge in [-0.05, 0) is 48.6 Å². The molecule has 0 saturated heterocycles. The molecule has 0 aliphatic rings. The Hall–Kier alpha value is -0.330. The molecule has 0 amide bonds. The molecule has 0 spiro atoms. The first kappa shape index (κ1) is 14.1. The standard InChI is InChI=1S/C13H12ClIN2S/c1-8-4-3-5-10(6-8)18-7-11-16-9(2)12(15)13(14)17-11/h3-6H,7H2,1-2H3. The quantitative estimate of drug-likeness (QED) is 0.434. The molecule has 0 unspecified atom stereocenters. The number of halogens is 2. The van der Waals surface area contributed by atoms with Crippen LogP contribution in [0.2, 0.25) is 5.15 Å². The van der Waals surface area contributed by atoms with E-state index in [0.29, 0.717) is 5.15 Å². The summed E-state index contributed by atoms with van der Waals surface area (Å²) in [6.45, 7) is 4.04. The van der Waals surface area contributed by atoms with Gasteiger partial charge < -0.3 is 0 Å². The molecule has 2 aromatic rings.